The van der Waals surface area contributed by atoms with E-state index in [0.29, 0.717) is 11.5 Å². The molecular formula is C16H17N5O. The first kappa shape index (κ1) is 14.1. The van der Waals surface area contributed by atoms with Gasteiger partial charge in [0.15, 0.2) is 0 Å². The molecule has 0 atom stereocenters. The van der Waals surface area contributed by atoms with E-state index in [2.05, 4.69) is 15.4 Å². The molecule has 0 spiro atoms. The van der Waals surface area contributed by atoms with E-state index in [-0.39, 0.29) is 11.9 Å². The van der Waals surface area contributed by atoms with Crippen LogP contribution in [0, 0.1) is 0 Å². The fraction of sp³-hybridized carbons (Fsp3) is 0.188. The summed E-state index contributed by atoms with van der Waals surface area (Å²) in [6.45, 7) is 4.01. The van der Waals surface area contributed by atoms with Gasteiger partial charge >= 0.3 is 0 Å². The van der Waals surface area contributed by atoms with Crippen LogP contribution in [0.5, 0.6) is 0 Å². The number of nitrogens with zero attached hydrogens (tertiary/aromatic N) is 4. The highest BCUT2D eigenvalue weighted by molar-refractivity contribution is 6.02. The number of aromatic nitrogens is 4. The van der Waals surface area contributed by atoms with Gasteiger partial charge in [-0.15, -0.1) is 0 Å². The Bertz CT molecular complexity index is 773. The van der Waals surface area contributed by atoms with Crippen LogP contribution >= 0.6 is 0 Å². The van der Waals surface area contributed by atoms with Crippen LogP contribution in [-0.2, 0) is 0 Å². The van der Waals surface area contributed by atoms with E-state index in [9.17, 15) is 4.79 Å². The van der Waals surface area contributed by atoms with Gasteiger partial charge < -0.3 is 9.88 Å². The molecule has 3 rings (SSSR count). The van der Waals surface area contributed by atoms with Crippen molar-refractivity contribution in [3.05, 3.63) is 60.8 Å². The van der Waals surface area contributed by atoms with Crippen LogP contribution in [0.4, 0.5) is 5.82 Å². The predicted molar refractivity (Wildman–Crippen MR) is 84.1 cm³/mol. The summed E-state index contributed by atoms with van der Waals surface area (Å²) < 4.78 is 3.57. The molecule has 112 valence electrons. The van der Waals surface area contributed by atoms with Crippen LogP contribution in [0.15, 0.2) is 55.1 Å². The Morgan fingerprint density at radius 1 is 1.18 bits per heavy atom. The number of para-hydroxylation sites is 1. The first-order valence-electron chi connectivity index (χ1n) is 7.09. The van der Waals surface area contributed by atoms with E-state index in [4.69, 9.17) is 0 Å². The summed E-state index contributed by atoms with van der Waals surface area (Å²) in [5, 5.41) is 7.03. The number of nitrogens with one attached hydrogen (secondary N) is 1. The number of imidazole rings is 1. The van der Waals surface area contributed by atoms with Gasteiger partial charge in [-0.05, 0) is 26.0 Å². The number of carbonyl (C=O) groups is 1. The molecule has 0 bridgehead atoms. The van der Waals surface area contributed by atoms with Crippen molar-refractivity contribution in [2.24, 2.45) is 0 Å². The van der Waals surface area contributed by atoms with Crippen LogP contribution in [0.3, 0.4) is 0 Å². The molecule has 0 fully saturated rings. The summed E-state index contributed by atoms with van der Waals surface area (Å²) in [5.41, 5.74) is 1.32. The molecule has 6 nitrogen and oxygen atoms in total. The molecule has 2 aromatic heterocycles. The second kappa shape index (κ2) is 5.85. The Balaban J connectivity index is 1.79. The second-order valence-corrected chi connectivity index (χ2v) is 5.21. The molecule has 0 saturated heterocycles. The third-order valence-electron chi connectivity index (χ3n) is 3.27. The maximum absolute atomic E-state index is 12.3. The molecule has 6 heteroatoms. The molecule has 3 aromatic rings. The van der Waals surface area contributed by atoms with E-state index in [1.807, 2.05) is 48.7 Å². The normalized spacial score (nSPS) is 10.9. The Morgan fingerprint density at radius 2 is 1.95 bits per heavy atom. The van der Waals surface area contributed by atoms with E-state index in [0.717, 1.165) is 5.69 Å². The Hall–Kier alpha value is -2.89. The summed E-state index contributed by atoms with van der Waals surface area (Å²) in [7, 11) is 0. The fourth-order valence-electron chi connectivity index (χ4n) is 2.19. The van der Waals surface area contributed by atoms with Crippen molar-refractivity contribution >= 4 is 11.7 Å². The zero-order chi connectivity index (χ0) is 15.5. The molecule has 1 aromatic carbocycles. The molecule has 0 saturated carbocycles. The number of rotatable bonds is 4. The smallest absolute Gasteiger partial charge is 0.277 e. The minimum absolute atomic E-state index is 0.173. The molecule has 0 aliphatic heterocycles. The third-order valence-corrected chi connectivity index (χ3v) is 3.27. The van der Waals surface area contributed by atoms with Gasteiger partial charge in [-0.25, -0.2) is 9.67 Å². The first-order valence-corrected chi connectivity index (χ1v) is 7.09. The summed E-state index contributed by atoms with van der Waals surface area (Å²) in [6, 6.07) is 11.7. The van der Waals surface area contributed by atoms with E-state index in [1.165, 1.54) is 0 Å². The highest BCUT2D eigenvalue weighted by atomic mass is 16.2. The van der Waals surface area contributed by atoms with Crippen molar-refractivity contribution in [3.63, 3.8) is 0 Å². The maximum atomic E-state index is 12.3. The number of benzene rings is 1. The van der Waals surface area contributed by atoms with Gasteiger partial charge in [0.05, 0.1) is 6.20 Å². The number of anilines is 1. The molecule has 2 heterocycles. The van der Waals surface area contributed by atoms with Crippen molar-refractivity contribution in [3.8, 4) is 5.69 Å². The molecule has 0 radical (unpaired) electrons. The molecule has 0 unspecified atom stereocenters. The molecule has 1 N–H and O–H groups in total. The monoisotopic (exact) mass is 295 g/mol. The van der Waals surface area contributed by atoms with Crippen molar-refractivity contribution in [2.75, 3.05) is 5.32 Å². The lowest BCUT2D eigenvalue weighted by atomic mass is 10.3. The number of hydrogen-bond donors (Lipinski definition) is 1. The van der Waals surface area contributed by atoms with Gasteiger partial charge in [-0.3, -0.25) is 4.79 Å². The van der Waals surface area contributed by atoms with Gasteiger partial charge in [0.2, 0.25) is 0 Å². The first-order chi connectivity index (χ1) is 10.6. The number of hydrogen-bond acceptors (Lipinski definition) is 3. The van der Waals surface area contributed by atoms with Gasteiger partial charge in [-0.2, -0.15) is 5.10 Å². The summed E-state index contributed by atoms with van der Waals surface area (Å²) in [4.78, 5) is 16.5. The summed E-state index contributed by atoms with van der Waals surface area (Å²) in [5.74, 6) is 0.409. The molecule has 22 heavy (non-hydrogen) atoms. The summed E-state index contributed by atoms with van der Waals surface area (Å²) in [6.07, 6.45) is 5.00. The minimum Gasteiger partial charge on any atom is -0.305 e. The SMILES string of the molecule is CC(C)n1nccc1NC(=O)c1cn(-c2ccccc2)cn1. The topological polar surface area (TPSA) is 64.7 Å². The van der Waals surface area contributed by atoms with Crippen LogP contribution < -0.4 is 5.32 Å². The highest BCUT2D eigenvalue weighted by Gasteiger charge is 2.13. The van der Waals surface area contributed by atoms with Crippen molar-refractivity contribution < 1.29 is 4.79 Å². The predicted octanol–water partition coefficient (Wildman–Crippen LogP) is 2.90. The van der Waals surface area contributed by atoms with Crippen molar-refractivity contribution in [1.82, 2.24) is 19.3 Å². The van der Waals surface area contributed by atoms with Gasteiger partial charge in [-0.1, -0.05) is 18.2 Å². The fourth-order valence-corrected chi connectivity index (χ4v) is 2.19. The van der Waals surface area contributed by atoms with Crippen molar-refractivity contribution in [2.45, 2.75) is 19.9 Å². The number of amides is 1. The van der Waals surface area contributed by atoms with Gasteiger partial charge in [0, 0.05) is 24.0 Å². The standard InChI is InChI=1S/C16H17N5O/c1-12(2)21-15(8-9-18-21)19-16(22)14-10-20(11-17-14)13-6-4-3-5-7-13/h3-12H,1-2H3,(H,19,22). The minimum atomic E-state index is -0.253. The molecule has 0 aliphatic carbocycles. The second-order valence-electron chi connectivity index (χ2n) is 5.21. The lowest BCUT2D eigenvalue weighted by molar-refractivity contribution is 0.102. The Kier molecular flexibility index (Phi) is 3.74. The average molecular weight is 295 g/mol. The van der Waals surface area contributed by atoms with Gasteiger partial charge in [0.1, 0.15) is 17.8 Å². The average Bonchev–Trinajstić information content (AvgIpc) is 3.17. The van der Waals surface area contributed by atoms with Crippen LogP contribution in [0.2, 0.25) is 0 Å². The zero-order valence-electron chi connectivity index (χ0n) is 12.5. The number of carbonyl (C=O) groups excluding carboxylic acids is 1. The Labute approximate surface area is 128 Å². The lowest BCUT2D eigenvalue weighted by Crippen LogP contribution is -2.17. The van der Waals surface area contributed by atoms with E-state index >= 15 is 0 Å². The quantitative estimate of drug-likeness (QED) is 0.805. The van der Waals surface area contributed by atoms with Crippen molar-refractivity contribution in [1.29, 1.82) is 0 Å². The maximum Gasteiger partial charge on any atom is 0.277 e. The molecule has 0 aliphatic rings. The Morgan fingerprint density at radius 3 is 2.68 bits per heavy atom. The molecule has 1 amide bonds. The molecular weight excluding hydrogens is 278 g/mol. The van der Waals surface area contributed by atoms with Crippen LogP contribution in [0.25, 0.3) is 5.69 Å². The largest absolute Gasteiger partial charge is 0.305 e. The lowest BCUT2D eigenvalue weighted by Gasteiger charge is -2.10. The van der Waals surface area contributed by atoms with Crippen LogP contribution in [-0.4, -0.2) is 25.2 Å². The third kappa shape index (κ3) is 2.76. The van der Waals surface area contributed by atoms with Crippen LogP contribution in [0.1, 0.15) is 30.4 Å². The summed E-state index contributed by atoms with van der Waals surface area (Å²) >= 11 is 0. The highest BCUT2D eigenvalue weighted by Crippen LogP contribution is 2.14. The van der Waals surface area contributed by atoms with Gasteiger partial charge in [0.25, 0.3) is 5.91 Å². The van der Waals surface area contributed by atoms with E-state index < -0.39 is 0 Å². The zero-order valence-corrected chi connectivity index (χ0v) is 12.5. The van der Waals surface area contributed by atoms with E-state index in [1.54, 1.807) is 29.5 Å².